The van der Waals surface area contributed by atoms with Crippen LogP contribution in [0.15, 0.2) is 30.3 Å². The van der Waals surface area contributed by atoms with Gasteiger partial charge >= 0.3 is 0 Å². The summed E-state index contributed by atoms with van der Waals surface area (Å²) in [5.41, 5.74) is 3.53. The van der Waals surface area contributed by atoms with Crippen LogP contribution in [0.5, 0.6) is 0 Å². The SMILES string of the molecule is CNC(=O)c1ccc2c3c(cccc13)CC2. The van der Waals surface area contributed by atoms with Crippen LogP contribution in [0.4, 0.5) is 0 Å². The van der Waals surface area contributed by atoms with Gasteiger partial charge in [-0.2, -0.15) is 0 Å². The molecule has 0 spiro atoms. The highest BCUT2D eigenvalue weighted by molar-refractivity contribution is 6.09. The summed E-state index contributed by atoms with van der Waals surface area (Å²) in [6, 6.07) is 10.3. The first-order valence-corrected chi connectivity index (χ1v) is 5.57. The van der Waals surface area contributed by atoms with Crippen LogP contribution in [0, 0.1) is 0 Å². The van der Waals surface area contributed by atoms with Crippen LogP contribution in [0.1, 0.15) is 21.5 Å². The van der Waals surface area contributed by atoms with Gasteiger partial charge in [-0.1, -0.05) is 24.3 Å². The van der Waals surface area contributed by atoms with Crippen molar-refractivity contribution >= 4 is 16.7 Å². The van der Waals surface area contributed by atoms with Gasteiger partial charge in [0, 0.05) is 12.6 Å². The van der Waals surface area contributed by atoms with Gasteiger partial charge in [-0.05, 0) is 40.8 Å². The number of amides is 1. The first-order valence-electron chi connectivity index (χ1n) is 5.57. The number of benzene rings is 2. The van der Waals surface area contributed by atoms with Gasteiger partial charge in [-0.25, -0.2) is 0 Å². The molecule has 1 amide bonds. The predicted octanol–water partition coefficient (Wildman–Crippen LogP) is 2.30. The summed E-state index contributed by atoms with van der Waals surface area (Å²) in [6.07, 6.45) is 2.20. The molecule has 1 aliphatic carbocycles. The topological polar surface area (TPSA) is 29.1 Å². The molecular formula is C14H13NO. The molecule has 80 valence electrons. The Labute approximate surface area is 94.3 Å². The van der Waals surface area contributed by atoms with E-state index in [2.05, 4.69) is 17.4 Å². The first kappa shape index (κ1) is 9.40. The third-order valence-electron chi connectivity index (χ3n) is 3.35. The van der Waals surface area contributed by atoms with Crippen molar-refractivity contribution in [1.82, 2.24) is 5.32 Å². The smallest absolute Gasteiger partial charge is 0.251 e. The van der Waals surface area contributed by atoms with Crippen LogP contribution < -0.4 is 5.32 Å². The molecule has 16 heavy (non-hydrogen) atoms. The van der Waals surface area contributed by atoms with E-state index in [1.807, 2.05) is 18.2 Å². The van der Waals surface area contributed by atoms with Crippen molar-refractivity contribution in [3.63, 3.8) is 0 Å². The molecule has 0 fully saturated rings. The lowest BCUT2D eigenvalue weighted by atomic mass is 9.99. The average Bonchev–Trinajstić information content (AvgIpc) is 2.74. The molecule has 0 aromatic heterocycles. The third kappa shape index (κ3) is 1.16. The van der Waals surface area contributed by atoms with E-state index in [4.69, 9.17) is 0 Å². The first-order chi connectivity index (χ1) is 7.81. The van der Waals surface area contributed by atoms with Crippen LogP contribution in [0.3, 0.4) is 0 Å². The Balaban J connectivity index is 2.38. The van der Waals surface area contributed by atoms with Gasteiger partial charge < -0.3 is 5.32 Å². The Morgan fingerprint density at radius 3 is 2.62 bits per heavy atom. The maximum Gasteiger partial charge on any atom is 0.251 e. The molecule has 1 aliphatic rings. The highest BCUT2D eigenvalue weighted by Gasteiger charge is 2.17. The summed E-state index contributed by atoms with van der Waals surface area (Å²) < 4.78 is 0. The lowest BCUT2D eigenvalue weighted by molar-refractivity contribution is 0.0965. The molecule has 0 unspecified atom stereocenters. The molecule has 0 bridgehead atoms. The Morgan fingerprint density at radius 1 is 1.12 bits per heavy atom. The molecule has 0 atom stereocenters. The van der Waals surface area contributed by atoms with Gasteiger partial charge in [0.05, 0.1) is 0 Å². The van der Waals surface area contributed by atoms with Crippen LogP contribution >= 0.6 is 0 Å². The quantitative estimate of drug-likeness (QED) is 0.770. The normalized spacial score (nSPS) is 13.1. The summed E-state index contributed by atoms with van der Waals surface area (Å²) in [5, 5.41) is 5.08. The van der Waals surface area contributed by atoms with E-state index in [9.17, 15) is 4.79 Å². The highest BCUT2D eigenvalue weighted by Crippen LogP contribution is 2.32. The van der Waals surface area contributed by atoms with Gasteiger partial charge in [0.2, 0.25) is 0 Å². The minimum atomic E-state index is -0.00407. The Morgan fingerprint density at radius 2 is 1.88 bits per heavy atom. The van der Waals surface area contributed by atoms with E-state index in [-0.39, 0.29) is 5.91 Å². The fourth-order valence-corrected chi connectivity index (χ4v) is 2.58. The zero-order valence-electron chi connectivity index (χ0n) is 9.21. The van der Waals surface area contributed by atoms with Gasteiger partial charge in [-0.15, -0.1) is 0 Å². The molecule has 0 saturated carbocycles. The van der Waals surface area contributed by atoms with Crippen LogP contribution in [0.25, 0.3) is 10.8 Å². The van der Waals surface area contributed by atoms with Crippen molar-refractivity contribution in [2.45, 2.75) is 12.8 Å². The summed E-state index contributed by atoms with van der Waals surface area (Å²) >= 11 is 0. The molecule has 2 nitrogen and oxygen atoms in total. The Bertz CT molecular complexity index is 576. The standard InChI is InChI=1S/C14H13NO/c1-15-14(16)12-8-7-10-6-5-9-3-2-4-11(12)13(9)10/h2-4,7-8H,5-6H2,1H3,(H,15,16). The van der Waals surface area contributed by atoms with Crippen molar-refractivity contribution < 1.29 is 4.79 Å². The Hall–Kier alpha value is -1.83. The molecule has 0 saturated heterocycles. The number of rotatable bonds is 1. The average molecular weight is 211 g/mol. The summed E-state index contributed by atoms with van der Waals surface area (Å²) in [4.78, 5) is 11.8. The lowest BCUT2D eigenvalue weighted by Gasteiger charge is -2.07. The number of aryl methyl sites for hydroxylation is 2. The predicted molar refractivity (Wildman–Crippen MR) is 64.7 cm³/mol. The van der Waals surface area contributed by atoms with Crippen molar-refractivity contribution in [2.24, 2.45) is 0 Å². The monoisotopic (exact) mass is 211 g/mol. The van der Waals surface area contributed by atoms with Gasteiger partial charge in [-0.3, -0.25) is 4.79 Å². The number of hydrogen-bond donors (Lipinski definition) is 1. The second-order valence-corrected chi connectivity index (χ2v) is 4.19. The summed E-state index contributed by atoms with van der Waals surface area (Å²) in [6.45, 7) is 0. The molecule has 2 aromatic carbocycles. The van der Waals surface area contributed by atoms with Crippen molar-refractivity contribution in [1.29, 1.82) is 0 Å². The van der Waals surface area contributed by atoms with E-state index in [0.29, 0.717) is 0 Å². The molecule has 0 aliphatic heterocycles. The van der Waals surface area contributed by atoms with E-state index in [1.165, 1.54) is 16.5 Å². The van der Waals surface area contributed by atoms with Crippen LogP contribution in [-0.2, 0) is 12.8 Å². The maximum atomic E-state index is 11.8. The Kier molecular flexibility index (Phi) is 1.96. The molecule has 2 heteroatoms. The molecule has 2 aromatic rings. The number of hydrogen-bond acceptors (Lipinski definition) is 1. The molecular weight excluding hydrogens is 198 g/mol. The van der Waals surface area contributed by atoms with Gasteiger partial charge in [0.1, 0.15) is 0 Å². The zero-order chi connectivity index (χ0) is 11.1. The van der Waals surface area contributed by atoms with Gasteiger partial charge in [0.15, 0.2) is 0 Å². The number of carbonyl (C=O) groups excluding carboxylic acids is 1. The van der Waals surface area contributed by atoms with Crippen molar-refractivity contribution in [3.05, 3.63) is 47.0 Å². The van der Waals surface area contributed by atoms with Crippen molar-refractivity contribution in [3.8, 4) is 0 Å². The molecule has 3 rings (SSSR count). The van der Waals surface area contributed by atoms with Gasteiger partial charge in [0.25, 0.3) is 5.91 Å². The highest BCUT2D eigenvalue weighted by atomic mass is 16.1. The number of carbonyl (C=O) groups is 1. The van der Waals surface area contributed by atoms with Crippen molar-refractivity contribution in [2.75, 3.05) is 7.05 Å². The molecule has 0 heterocycles. The van der Waals surface area contributed by atoms with E-state index in [1.54, 1.807) is 7.05 Å². The maximum absolute atomic E-state index is 11.8. The summed E-state index contributed by atoms with van der Waals surface area (Å²) in [5.74, 6) is -0.00407. The van der Waals surface area contributed by atoms with E-state index in [0.717, 1.165) is 23.8 Å². The lowest BCUT2D eigenvalue weighted by Crippen LogP contribution is -2.18. The molecule has 0 radical (unpaired) electrons. The second-order valence-electron chi connectivity index (χ2n) is 4.19. The fourth-order valence-electron chi connectivity index (χ4n) is 2.58. The van der Waals surface area contributed by atoms with E-state index < -0.39 is 0 Å². The van der Waals surface area contributed by atoms with Crippen LogP contribution in [0.2, 0.25) is 0 Å². The minimum absolute atomic E-state index is 0.00407. The minimum Gasteiger partial charge on any atom is -0.355 e. The van der Waals surface area contributed by atoms with Crippen LogP contribution in [-0.4, -0.2) is 13.0 Å². The molecule has 1 N–H and O–H groups in total. The largest absolute Gasteiger partial charge is 0.355 e. The van der Waals surface area contributed by atoms with E-state index >= 15 is 0 Å². The zero-order valence-corrected chi connectivity index (χ0v) is 9.21. The third-order valence-corrected chi connectivity index (χ3v) is 3.35. The second kappa shape index (κ2) is 3.34. The number of nitrogens with one attached hydrogen (secondary N) is 1. The summed E-state index contributed by atoms with van der Waals surface area (Å²) in [7, 11) is 1.67. The fraction of sp³-hybridized carbons (Fsp3) is 0.214.